The van der Waals surface area contributed by atoms with E-state index in [-0.39, 0.29) is 12.0 Å². The molecule has 1 heterocycles. The van der Waals surface area contributed by atoms with Crippen molar-refractivity contribution in [1.29, 1.82) is 0 Å². The summed E-state index contributed by atoms with van der Waals surface area (Å²) in [4.78, 5) is 2.35. The van der Waals surface area contributed by atoms with E-state index in [1.807, 2.05) is 0 Å². The molecule has 3 aliphatic rings. The highest BCUT2D eigenvalue weighted by molar-refractivity contribution is 5.93. The van der Waals surface area contributed by atoms with E-state index in [9.17, 15) is 0 Å². The van der Waals surface area contributed by atoms with Crippen LogP contribution in [0.3, 0.4) is 0 Å². The van der Waals surface area contributed by atoms with Crippen molar-refractivity contribution >= 4 is 22.1 Å². The van der Waals surface area contributed by atoms with Crippen LogP contribution in [0.1, 0.15) is 29.4 Å². The Morgan fingerprint density at radius 2 is 1.38 bits per heavy atom. The predicted molar refractivity (Wildman–Crippen MR) is 174 cm³/mol. The zero-order valence-electron chi connectivity index (χ0n) is 23.3. The molecule has 0 saturated carbocycles. The number of fused-ring (bicyclic) bond motifs is 5. The summed E-state index contributed by atoms with van der Waals surface area (Å²) in [6.45, 7) is 0. The Morgan fingerprint density at radius 3 is 2.17 bits per heavy atom. The van der Waals surface area contributed by atoms with E-state index in [2.05, 4.69) is 163 Å². The SMILES string of the molecule is C1=CC2Oc3ccc4cc(-c5ccc(N(C6=CCC(c7ccccc7)C=C6)c6ccccc6)cc5)ccc4c3C2C=C1. The van der Waals surface area contributed by atoms with Crippen LogP contribution in [0.25, 0.3) is 21.9 Å². The second-order valence-electron chi connectivity index (χ2n) is 11.3. The van der Waals surface area contributed by atoms with Gasteiger partial charge in [-0.15, -0.1) is 0 Å². The molecule has 5 aromatic carbocycles. The van der Waals surface area contributed by atoms with Crippen LogP contribution in [0.5, 0.6) is 5.75 Å². The highest BCUT2D eigenvalue weighted by atomic mass is 16.5. The quantitative estimate of drug-likeness (QED) is 0.219. The topological polar surface area (TPSA) is 12.5 Å². The second-order valence-corrected chi connectivity index (χ2v) is 11.3. The normalized spacial score (nSPS) is 20.1. The number of hydrogen-bond donors (Lipinski definition) is 0. The summed E-state index contributed by atoms with van der Waals surface area (Å²) in [6, 6.07) is 41.5. The summed E-state index contributed by atoms with van der Waals surface area (Å²) in [5.41, 5.74) is 8.61. The van der Waals surface area contributed by atoms with Gasteiger partial charge in [0.1, 0.15) is 11.9 Å². The van der Waals surface area contributed by atoms with E-state index in [1.54, 1.807) is 0 Å². The molecule has 42 heavy (non-hydrogen) atoms. The van der Waals surface area contributed by atoms with Crippen molar-refractivity contribution < 1.29 is 4.74 Å². The molecule has 1 aliphatic heterocycles. The summed E-state index contributed by atoms with van der Waals surface area (Å²) >= 11 is 0. The van der Waals surface area contributed by atoms with Gasteiger partial charge in [0.25, 0.3) is 0 Å². The van der Waals surface area contributed by atoms with Gasteiger partial charge in [-0.2, -0.15) is 0 Å². The van der Waals surface area contributed by atoms with Crippen molar-refractivity contribution in [2.75, 3.05) is 4.90 Å². The number of benzene rings is 5. The van der Waals surface area contributed by atoms with Crippen LogP contribution >= 0.6 is 0 Å². The lowest BCUT2D eigenvalue weighted by Gasteiger charge is -2.29. The maximum atomic E-state index is 6.23. The third-order valence-corrected chi connectivity index (χ3v) is 8.74. The summed E-state index contributed by atoms with van der Waals surface area (Å²) in [6.07, 6.45) is 16.7. The molecule has 0 aromatic heterocycles. The van der Waals surface area contributed by atoms with E-state index < -0.39 is 0 Å². The van der Waals surface area contributed by atoms with Gasteiger partial charge in [0.05, 0.1) is 0 Å². The molecule has 2 aliphatic carbocycles. The summed E-state index contributed by atoms with van der Waals surface area (Å²) in [5.74, 6) is 1.70. The third kappa shape index (κ3) is 4.37. The van der Waals surface area contributed by atoms with E-state index >= 15 is 0 Å². The van der Waals surface area contributed by atoms with Crippen molar-refractivity contribution in [1.82, 2.24) is 0 Å². The molecule has 2 heteroatoms. The number of para-hydroxylation sites is 1. The van der Waals surface area contributed by atoms with E-state index in [0.717, 1.165) is 23.5 Å². The standard InChI is InChI=1S/C40H31NO/c1-3-9-28(10-4-1)29-15-21-34(22-16-29)41(33-11-5-2-6-12-33)35-23-17-30(18-24-35)31-19-25-36-32(27-31)20-26-39-40(36)37-13-7-8-14-38(37)42-39/h1-15,17-27,29,37-38H,16H2. The number of anilines is 2. The van der Waals surface area contributed by atoms with E-state index in [1.165, 1.54) is 38.7 Å². The van der Waals surface area contributed by atoms with Crippen molar-refractivity contribution in [3.8, 4) is 16.9 Å². The first-order valence-corrected chi connectivity index (χ1v) is 14.8. The van der Waals surface area contributed by atoms with Gasteiger partial charge in [0, 0.05) is 34.5 Å². The predicted octanol–water partition coefficient (Wildman–Crippen LogP) is 10.2. The molecule has 0 radical (unpaired) electrons. The monoisotopic (exact) mass is 541 g/mol. The van der Waals surface area contributed by atoms with Crippen molar-refractivity contribution in [2.45, 2.75) is 24.4 Å². The first-order valence-electron chi connectivity index (χ1n) is 14.8. The fraction of sp³-hybridized carbons (Fsp3) is 0.100. The molecule has 3 unspecified atom stereocenters. The zero-order chi connectivity index (χ0) is 27.9. The smallest absolute Gasteiger partial charge is 0.128 e. The molecule has 0 N–H and O–H groups in total. The van der Waals surface area contributed by atoms with Crippen LogP contribution < -0.4 is 9.64 Å². The van der Waals surface area contributed by atoms with Crippen LogP contribution in [-0.4, -0.2) is 6.10 Å². The number of rotatable bonds is 5. The van der Waals surface area contributed by atoms with E-state index in [4.69, 9.17) is 4.74 Å². The Hall–Kier alpha value is -5.08. The van der Waals surface area contributed by atoms with Crippen molar-refractivity contribution in [3.05, 3.63) is 175 Å². The minimum Gasteiger partial charge on any atom is -0.485 e. The average Bonchev–Trinajstić information content (AvgIpc) is 3.45. The minimum absolute atomic E-state index is 0.105. The Kier molecular flexibility index (Phi) is 6.11. The van der Waals surface area contributed by atoms with E-state index in [0.29, 0.717) is 5.92 Å². The first-order chi connectivity index (χ1) is 20.8. The maximum absolute atomic E-state index is 6.23. The molecule has 3 atom stereocenters. The molecule has 0 saturated heterocycles. The van der Waals surface area contributed by atoms with Gasteiger partial charge >= 0.3 is 0 Å². The largest absolute Gasteiger partial charge is 0.485 e. The van der Waals surface area contributed by atoms with Gasteiger partial charge in [0.2, 0.25) is 0 Å². The Labute approximate surface area is 247 Å². The highest BCUT2D eigenvalue weighted by Crippen LogP contribution is 2.45. The molecule has 0 bridgehead atoms. The first kappa shape index (κ1) is 24.7. The van der Waals surface area contributed by atoms with Crippen molar-refractivity contribution in [2.24, 2.45) is 0 Å². The lowest BCUT2D eigenvalue weighted by atomic mass is 9.88. The lowest BCUT2D eigenvalue weighted by molar-refractivity contribution is 0.269. The number of hydrogen-bond acceptors (Lipinski definition) is 2. The summed E-state index contributed by atoms with van der Waals surface area (Å²) < 4.78 is 6.23. The molecule has 2 nitrogen and oxygen atoms in total. The number of nitrogens with zero attached hydrogens (tertiary/aromatic N) is 1. The highest BCUT2D eigenvalue weighted by Gasteiger charge is 2.33. The zero-order valence-corrected chi connectivity index (χ0v) is 23.3. The molecular weight excluding hydrogens is 510 g/mol. The third-order valence-electron chi connectivity index (χ3n) is 8.74. The van der Waals surface area contributed by atoms with Crippen molar-refractivity contribution in [3.63, 3.8) is 0 Å². The molecule has 0 amide bonds. The molecular formula is C40H31NO. The van der Waals surface area contributed by atoms with Crippen LogP contribution in [0.4, 0.5) is 11.4 Å². The maximum Gasteiger partial charge on any atom is 0.128 e. The Bertz CT molecular complexity index is 1880. The average molecular weight is 542 g/mol. The lowest BCUT2D eigenvalue weighted by Crippen LogP contribution is -2.17. The van der Waals surface area contributed by atoms with Gasteiger partial charge in [-0.3, -0.25) is 0 Å². The Morgan fingerprint density at radius 1 is 0.643 bits per heavy atom. The molecule has 0 spiro atoms. The van der Waals surface area contributed by atoms with Gasteiger partial charge < -0.3 is 9.64 Å². The van der Waals surface area contributed by atoms with Gasteiger partial charge in [-0.05, 0) is 82.4 Å². The van der Waals surface area contributed by atoms with Gasteiger partial charge in [-0.1, -0.05) is 109 Å². The number of ether oxygens (including phenoxy) is 1. The number of allylic oxidation sites excluding steroid dienone is 5. The molecule has 5 aromatic rings. The Balaban J connectivity index is 1.10. The molecule has 0 fully saturated rings. The van der Waals surface area contributed by atoms with Gasteiger partial charge in [-0.25, -0.2) is 0 Å². The molecule has 202 valence electrons. The van der Waals surface area contributed by atoms with Gasteiger partial charge in [0.15, 0.2) is 0 Å². The van der Waals surface area contributed by atoms with Crippen LogP contribution in [0.15, 0.2) is 163 Å². The summed E-state index contributed by atoms with van der Waals surface area (Å²) in [7, 11) is 0. The summed E-state index contributed by atoms with van der Waals surface area (Å²) in [5, 5.41) is 2.53. The van der Waals surface area contributed by atoms with Crippen LogP contribution in [0, 0.1) is 0 Å². The van der Waals surface area contributed by atoms with Crippen LogP contribution in [-0.2, 0) is 0 Å². The second kappa shape index (κ2) is 10.4. The molecule has 8 rings (SSSR count). The minimum atomic E-state index is 0.105. The fourth-order valence-electron chi connectivity index (χ4n) is 6.62. The fourth-order valence-corrected chi connectivity index (χ4v) is 6.62. The van der Waals surface area contributed by atoms with Crippen LogP contribution in [0.2, 0.25) is 0 Å².